The molecule has 0 amide bonds. The maximum Gasteiger partial charge on any atom is 0.326 e. The minimum absolute atomic E-state index is 0.0214. The summed E-state index contributed by atoms with van der Waals surface area (Å²) in [5.74, 6) is 1.67. The predicted octanol–water partition coefficient (Wildman–Crippen LogP) is 3.99. The molecular weight excluding hydrogens is 620 g/mol. The summed E-state index contributed by atoms with van der Waals surface area (Å²) in [5.41, 5.74) is 6.35. The van der Waals surface area contributed by atoms with Crippen molar-refractivity contribution in [1.29, 1.82) is 0 Å². The summed E-state index contributed by atoms with van der Waals surface area (Å²) < 4.78 is 7.71. The normalized spacial score (nSPS) is 16.1. The lowest BCUT2D eigenvalue weighted by atomic mass is 10.0. The molecule has 252 valence electrons. The molecule has 14 heteroatoms. The molecule has 0 saturated carbocycles. The Bertz CT molecular complexity index is 2360. The summed E-state index contributed by atoms with van der Waals surface area (Å²) in [7, 11) is 1.97. The number of nitrogens with one attached hydrogen (secondary N) is 3. The van der Waals surface area contributed by atoms with Crippen molar-refractivity contribution in [2.24, 2.45) is 7.05 Å². The molecule has 5 aromatic heterocycles. The van der Waals surface area contributed by atoms with Crippen LogP contribution in [-0.4, -0.2) is 74.6 Å². The summed E-state index contributed by atoms with van der Waals surface area (Å²) >= 11 is 0. The summed E-state index contributed by atoms with van der Waals surface area (Å²) in [6.07, 6.45) is 9.21. The van der Waals surface area contributed by atoms with Crippen LogP contribution in [0.4, 0.5) is 5.82 Å². The van der Waals surface area contributed by atoms with Gasteiger partial charge >= 0.3 is 11.4 Å². The van der Waals surface area contributed by atoms with Gasteiger partial charge in [-0.15, -0.1) is 0 Å². The van der Waals surface area contributed by atoms with Gasteiger partial charge in [-0.25, -0.2) is 24.5 Å². The third-order valence-corrected chi connectivity index (χ3v) is 9.90. The number of para-hydroxylation sites is 4. The molecule has 2 aliphatic heterocycles. The lowest BCUT2D eigenvalue weighted by molar-refractivity contribution is 0.368. The quantitative estimate of drug-likeness (QED) is 0.251. The molecule has 0 radical (unpaired) electrons. The molecule has 2 aliphatic rings. The lowest BCUT2D eigenvalue weighted by Crippen LogP contribution is -2.37. The van der Waals surface area contributed by atoms with E-state index in [1.54, 1.807) is 6.33 Å². The van der Waals surface area contributed by atoms with Crippen molar-refractivity contribution >= 4 is 39.0 Å². The van der Waals surface area contributed by atoms with Crippen molar-refractivity contribution in [2.45, 2.75) is 51.2 Å². The third-order valence-electron chi connectivity index (χ3n) is 9.90. The van der Waals surface area contributed by atoms with Crippen LogP contribution in [0.2, 0.25) is 0 Å². The minimum atomic E-state index is -0.0407. The van der Waals surface area contributed by atoms with E-state index in [1.165, 1.54) is 0 Å². The molecule has 0 spiro atoms. The Morgan fingerprint density at radius 3 is 2.04 bits per heavy atom. The van der Waals surface area contributed by atoms with Crippen LogP contribution >= 0.6 is 0 Å². The number of aryl methyl sites for hydroxylation is 2. The molecule has 3 N–H and O–H groups in total. The van der Waals surface area contributed by atoms with E-state index in [0.717, 1.165) is 109 Å². The Labute approximate surface area is 281 Å². The second-order valence-electron chi connectivity index (χ2n) is 12.8. The van der Waals surface area contributed by atoms with Crippen LogP contribution in [0.3, 0.4) is 0 Å². The summed E-state index contributed by atoms with van der Waals surface area (Å²) in [4.78, 5) is 46.7. The predicted molar refractivity (Wildman–Crippen MR) is 190 cm³/mol. The average Bonchev–Trinajstić information content (AvgIpc) is 3.91. The highest BCUT2D eigenvalue weighted by Gasteiger charge is 2.27. The standard InChI is InChI=1S/C23H25N9O.C12H15N3O/c1-3-31-13-15(12-26-31)20-28-19-21(29(20)2)24-14-25-22(19)30-10-8-16(9-11-30)32-18-7-5-4-6-17(18)27-23(32)33;16-12-14-10-3-1-2-4-11(10)15(12)9-5-7-13-8-6-9/h4-7,12-14,16H,3,8-11H2,1-2H3,(H,27,33);1-4,9,13H,5-8H2,(H,14,16). The van der Waals surface area contributed by atoms with Gasteiger partial charge in [0.15, 0.2) is 17.0 Å². The fraction of sp³-hybridized carbons (Fsp3) is 0.371. The van der Waals surface area contributed by atoms with E-state index in [-0.39, 0.29) is 17.4 Å². The Morgan fingerprint density at radius 1 is 0.816 bits per heavy atom. The summed E-state index contributed by atoms with van der Waals surface area (Å²) in [6, 6.07) is 16.3. The van der Waals surface area contributed by atoms with E-state index in [1.807, 2.05) is 86.4 Å². The van der Waals surface area contributed by atoms with Gasteiger partial charge in [0.05, 0.1) is 33.8 Å². The SMILES string of the molecule is CCn1cc(-c2nc3c(N4CCC(n5c(=O)[nH]c6ccccc65)CC4)ncnc3n2C)cn1.O=c1[nH]c2ccccc2n1C1CCNCC1. The van der Waals surface area contributed by atoms with Crippen molar-refractivity contribution in [3.05, 3.63) is 88.2 Å². The first-order chi connectivity index (χ1) is 24.0. The highest BCUT2D eigenvalue weighted by molar-refractivity contribution is 5.86. The molecular formula is C35H40N12O2. The Morgan fingerprint density at radius 2 is 1.43 bits per heavy atom. The maximum absolute atomic E-state index is 12.6. The Hall–Kier alpha value is -5.50. The number of hydrogen-bond donors (Lipinski definition) is 3. The smallest absolute Gasteiger partial charge is 0.326 e. The fourth-order valence-corrected chi connectivity index (χ4v) is 7.40. The number of piperidine rings is 2. The zero-order chi connectivity index (χ0) is 33.5. The molecule has 0 unspecified atom stereocenters. The van der Waals surface area contributed by atoms with E-state index in [9.17, 15) is 9.59 Å². The monoisotopic (exact) mass is 660 g/mol. The van der Waals surface area contributed by atoms with E-state index in [2.05, 4.69) is 42.2 Å². The molecule has 0 bridgehead atoms. The fourth-order valence-electron chi connectivity index (χ4n) is 7.40. The number of aromatic nitrogens is 10. The molecule has 2 aromatic carbocycles. The molecule has 49 heavy (non-hydrogen) atoms. The first-order valence-corrected chi connectivity index (χ1v) is 17.0. The largest absolute Gasteiger partial charge is 0.355 e. The number of hydrogen-bond acceptors (Lipinski definition) is 8. The molecule has 7 heterocycles. The molecule has 7 aromatic rings. The first-order valence-electron chi connectivity index (χ1n) is 17.0. The van der Waals surface area contributed by atoms with Crippen molar-refractivity contribution in [3.63, 3.8) is 0 Å². The second-order valence-corrected chi connectivity index (χ2v) is 12.8. The molecule has 2 fully saturated rings. The minimum Gasteiger partial charge on any atom is -0.355 e. The molecule has 0 aliphatic carbocycles. The van der Waals surface area contributed by atoms with Crippen LogP contribution in [0.25, 0.3) is 44.6 Å². The van der Waals surface area contributed by atoms with Gasteiger partial charge in [0, 0.05) is 45.0 Å². The van der Waals surface area contributed by atoms with E-state index in [0.29, 0.717) is 6.04 Å². The summed E-state index contributed by atoms with van der Waals surface area (Å²) in [5, 5.41) is 7.70. The highest BCUT2D eigenvalue weighted by Crippen LogP contribution is 2.32. The Kier molecular flexibility index (Phi) is 8.07. The van der Waals surface area contributed by atoms with Gasteiger partial charge in [0.1, 0.15) is 12.2 Å². The van der Waals surface area contributed by atoms with E-state index >= 15 is 0 Å². The van der Waals surface area contributed by atoms with Gasteiger partial charge in [-0.2, -0.15) is 5.10 Å². The molecule has 9 rings (SSSR count). The second kappa shape index (κ2) is 12.8. The summed E-state index contributed by atoms with van der Waals surface area (Å²) in [6.45, 7) is 6.45. The number of aromatic amines is 2. The number of H-pyrrole nitrogens is 2. The molecule has 14 nitrogen and oxygen atoms in total. The number of imidazole rings is 3. The lowest BCUT2D eigenvalue weighted by Gasteiger charge is -2.33. The van der Waals surface area contributed by atoms with Crippen LogP contribution in [0.5, 0.6) is 0 Å². The van der Waals surface area contributed by atoms with Crippen LogP contribution in [0, 0.1) is 0 Å². The maximum atomic E-state index is 12.6. The van der Waals surface area contributed by atoms with E-state index < -0.39 is 0 Å². The van der Waals surface area contributed by atoms with Gasteiger partial charge < -0.3 is 24.8 Å². The van der Waals surface area contributed by atoms with Crippen LogP contribution < -0.4 is 21.6 Å². The molecule has 0 atom stereocenters. The zero-order valence-corrected chi connectivity index (χ0v) is 27.7. The number of fused-ring (bicyclic) bond motifs is 3. The topological polar surface area (TPSA) is 152 Å². The van der Waals surface area contributed by atoms with Gasteiger partial charge in [-0.3, -0.25) is 13.8 Å². The highest BCUT2D eigenvalue weighted by atomic mass is 16.1. The zero-order valence-electron chi connectivity index (χ0n) is 27.7. The van der Waals surface area contributed by atoms with Crippen molar-refractivity contribution in [2.75, 3.05) is 31.1 Å². The average molecular weight is 661 g/mol. The number of rotatable bonds is 5. The van der Waals surface area contributed by atoms with Crippen LogP contribution in [0.1, 0.15) is 44.7 Å². The Balaban J connectivity index is 0.000000182. The number of anilines is 1. The van der Waals surface area contributed by atoms with Crippen molar-refractivity contribution in [3.8, 4) is 11.4 Å². The third kappa shape index (κ3) is 5.61. The van der Waals surface area contributed by atoms with Gasteiger partial charge in [-0.05, 0) is 70.0 Å². The first kappa shape index (κ1) is 30.8. The number of benzene rings is 2. The van der Waals surface area contributed by atoms with Crippen LogP contribution in [0.15, 0.2) is 76.8 Å². The van der Waals surface area contributed by atoms with Gasteiger partial charge in [0.25, 0.3) is 0 Å². The van der Waals surface area contributed by atoms with Gasteiger partial charge in [0.2, 0.25) is 0 Å². The van der Waals surface area contributed by atoms with Crippen molar-refractivity contribution < 1.29 is 0 Å². The number of nitrogens with zero attached hydrogens (tertiary/aromatic N) is 9. The molecule has 2 saturated heterocycles. The van der Waals surface area contributed by atoms with E-state index in [4.69, 9.17) is 4.98 Å². The van der Waals surface area contributed by atoms with Crippen LogP contribution in [-0.2, 0) is 13.6 Å². The van der Waals surface area contributed by atoms with Gasteiger partial charge in [-0.1, -0.05) is 24.3 Å². The van der Waals surface area contributed by atoms with Crippen molar-refractivity contribution in [1.82, 2.24) is 53.7 Å².